The van der Waals surface area contributed by atoms with Crippen molar-refractivity contribution in [3.05, 3.63) is 48.2 Å². The molecule has 9 heteroatoms. The molecule has 0 saturated carbocycles. The van der Waals surface area contributed by atoms with Crippen LogP contribution in [0.3, 0.4) is 0 Å². The number of aromatic hydroxyl groups is 1. The molecule has 23 heavy (non-hydrogen) atoms. The molecule has 0 aliphatic heterocycles. The lowest BCUT2D eigenvalue weighted by Gasteiger charge is -2.10. The van der Waals surface area contributed by atoms with E-state index in [2.05, 4.69) is 20.3 Å². The van der Waals surface area contributed by atoms with Crippen LogP contribution >= 0.6 is 0 Å². The average molecular weight is 336 g/mol. The van der Waals surface area contributed by atoms with Gasteiger partial charge in [-0.25, -0.2) is 18.2 Å². The number of benzene rings is 1. The molecule has 0 aliphatic rings. The highest BCUT2D eigenvalue weighted by molar-refractivity contribution is 7.89. The molecule has 0 unspecified atom stereocenters. The van der Waals surface area contributed by atoms with Gasteiger partial charge >= 0.3 is 6.03 Å². The molecule has 8 nitrogen and oxygen atoms in total. The van der Waals surface area contributed by atoms with Crippen molar-refractivity contribution in [3.63, 3.8) is 0 Å². The molecule has 0 spiro atoms. The highest BCUT2D eigenvalue weighted by Crippen LogP contribution is 2.17. The van der Waals surface area contributed by atoms with E-state index in [1.165, 1.54) is 30.5 Å². The highest BCUT2D eigenvalue weighted by Gasteiger charge is 2.13. The molecule has 2 aromatic rings. The van der Waals surface area contributed by atoms with Gasteiger partial charge in [0.05, 0.1) is 11.6 Å². The van der Waals surface area contributed by atoms with Crippen LogP contribution in [0.15, 0.2) is 47.5 Å². The number of amides is 2. The molecule has 4 N–H and O–H groups in total. The second-order valence-corrected chi connectivity index (χ2v) is 6.41. The fraction of sp³-hybridized carbons (Fsp3) is 0.143. The van der Waals surface area contributed by atoms with E-state index in [-0.39, 0.29) is 23.1 Å². The normalized spacial score (nSPS) is 11.0. The summed E-state index contributed by atoms with van der Waals surface area (Å²) in [6.07, 6.45) is 1.40. The van der Waals surface area contributed by atoms with E-state index in [4.69, 9.17) is 0 Å². The number of nitrogens with zero attached hydrogens (tertiary/aromatic N) is 1. The smallest absolute Gasteiger partial charge is 0.321 e. The first kappa shape index (κ1) is 16.7. The van der Waals surface area contributed by atoms with Gasteiger partial charge in [0.2, 0.25) is 10.0 Å². The van der Waals surface area contributed by atoms with Crippen LogP contribution in [0.5, 0.6) is 5.75 Å². The van der Waals surface area contributed by atoms with Gasteiger partial charge in [0, 0.05) is 6.20 Å². The van der Waals surface area contributed by atoms with Crippen molar-refractivity contribution in [1.82, 2.24) is 15.0 Å². The van der Waals surface area contributed by atoms with Crippen LogP contribution in [0.1, 0.15) is 5.56 Å². The average Bonchev–Trinajstić information content (AvgIpc) is 2.50. The van der Waals surface area contributed by atoms with Gasteiger partial charge in [-0.2, -0.15) is 4.72 Å². The number of pyridine rings is 1. The van der Waals surface area contributed by atoms with Gasteiger partial charge in [-0.1, -0.05) is 17.7 Å². The van der Waals surface area contributed by atoms with Crippen molar-refractivity contribution in [2.75, 3.05) is 12.0 Å². The van der Waals surface area contributed by atoms with Crippen molar-refractivity contribution < 1.29 is 18.3 Å². The molecule has 1 aromatic carbocycles. The largest absolute Gasteiger partial charge is 0.504 e. The molecular formula is C14H16N4O4S. The van der Waals surface area contributed by atoms with Crippen LogP contribution in [0.25, 0.3) is 0 Å². The SMILES string of the molecule is Cc1ccc(S(=O)(=O)NCNC(=O)Nc2ncccc2O)cc1. The Bertz CT molecular complexity index is 791. The van der Waals surface area contributed by atoms with Crippen molar-refractivity contribution >= 4 is 21.9 Å². The second kappa shape index (κ2) is 7.07. The maximum absolute atomic E-state index is 12.0. The fourth-order valence-corrected chi connectivity index (χ4v) is 2.58. The maximum Gasteiger partial charge on any atom is 0.321 e. The van der Waals surface area contributed by atoms with E-state index in [0.29, 0.717) is 0 Å². The van der Waals surface area contributed by atoms with Crippen LogP contribution in [0.2, 0.25) is 0 Å². The first-order chi connectivity index (χ1) is 10.9. The van der Waals surface area contributed by atoms with Crippen molar-refractivity contribution in [1.29, 1.82) is 0 Å². The molecule has 0 atom stereocenters. The van der Waals surface area contributed by atoms with Crippen molar-refractivity contribution in [3.8, 4) is 5.75 Å². The molecular weight excluding hydrogens is 320 g/mol. The zero-order chi connectivity index (χ0) is 16.9. The monoisotopic (exact) mass is 336 g/mol. The van der Waals surface area contributed by atoms with E-state index in [1.54, 1.807) is 12.1 Å². The lowest BCUT2D eigenvalue weighted by molar-refractivity contribution is 0.252. The summed E-state index contributed by atoms with van der Waals surface area (Å²) in [4.78, 5) is 15.5. The van der Waals surface area contributed by atoms with Gasteiger partial charge in [-0.15, -0.1) is 0 Å². The molecule has 1 aromatic heterocycles. The predicted octanol–water partition coefficient (Wildman–Crippen LogP) is 1.15. The Morgan fingerprint density at radius 1 is 1.22 bits per heavy atom. The topological polar surface area (TPSA) is 120 Å². The second-order valence-electron chi connectivity index (χ2n) is 4.64. The number of aromatic nitrogens is 1. The molecule has 1 heterocycles. The maximum atomic E-state index is 12.0. The van der Waals surface area contributed by atoms with Gasteiger partial charge in [-0.05, 0) is 31.2 Å². The number of sulfonamides is 1. The lowest BCUT2D eigenvalue weighted by atomic mass is 10.2. The molecule has 0 bridgehead atoms. The fourth-order valence-electron chi connectivity index (χ4n) is 1.66. The summed E-state index contributed by atoms with van der Waals surface area (Å²) >= 11 is 0. The summed E-state index contributed by atoms with van der Waals surface area (Å²) < 4.78 is 26.2. The molecule has 0 radical (unpaired) electrons. The van der Waals surface area contributed by atoms with Gasteiger partial charge < -0.3 is 10.4 Å². The zero-order valence-corrected chi connectivity index (χ0v) is 13.1. The Morgan fingerprint density at radius 2 is 1.91 bits per heavy atom. The van der Waals surface area contributed by atoms with Crippen LogP contribution in [0.4, 0.5) is 10.6 Å². The number of hydrogen-bond donors (Lipinski definition) is 4. The Labute approximate surface area is 133 Å². The number of carbonyl (C=O) groups is 1. The van der Waals surface area contributed by atoms with Crippen LogP contribution in [-0.2, 0) is 10.0 Å². The zero-order valence-electron chi connectivity index (χ0n) is 12.3. The van der Waals surface area contributed by atoms with Crippen LogP contribution in [0, 0.1) is 6.92 Å². The molecule has 122 valence electrons. The highest BCUT2D eigenvalue weighted by atomic mass is 32.2. The molecule has 0 aliphatic carbocycles. The van der Waals surface area contributed by atoms with E-state index < -0.39 is 16.1 Å². The third-order valence-electron chi connectivity index (χ3n) is 2.86. The first-order valence-corrected chi connectivity index (χ1v) is 8.12. The van der Waals surface area contributed by atoms with Gasteiger partial charge in [0.15, 0.2) is 11.6 Å². The molecule has 0 fully saturated rings. The van der Waals surface area contributed by atoms with E-state index in [0.717, 1.165) is 5.56 Å². The molecule has 2 amide bonds. The number of aryl methyl sites for hydroxylation is 1. The standard InChI is InChI=1S/C14H16N4O4S/c1-10-4-6-11(7-5-10)23(21,22)17-9-16-14(20)18-13-12(19)3-2-8-15-13/h2-8,17,19H,9H2,1H3,(H2,15,16,18,20). The Morgan fingerprint density at radius 3 is 2.57 bits per heavy atom. The van der Waals surface area contributed by atoms with Crippen LogP contribution in [-0.4, -0.2) is 31.2 Å². The number of rotatable bonds is 5. The minimum atomic E-state index is -3.71. The Balaban J connectivity index is 1.88. The summed E-state index contributed by atoms with van der Waals surface area (Å²) in [7, 11) is -3.71. The summed E-state index contributed by atoms with van der Waals surface area (Å²) in [5, 5.41) is 14.1. The van der Waals surface area contributed by atoms with E-state index in [1.807, 2.05) is 6.92 Å². The predicted molar refractivity (Wildman–Crippen MR) is 84.4 cm³/mol. The lowest BCUT2D eigenvalue weighted by Crippen LogP contribution is -2.39. The third kappa shape index (κ3) is 4.66. The minimum Gasteiger partial charge on any atom is -0.504 e. The van der Waals surface area contributed by atoms with E-state index in [9.17, 15) is 18.3 Å². The number of anilines is 1. The molecule has 2 rings (SSSR count). The first-order valence-electron chi connectivity index (χ1n) is 6.63. The summed E-state index contributed by atoms with van der Waals surface area (Å²) in [5.74, 6) is -0.214. The number of urea groups is 1. The van der Waals surface area contributed by atoms with Crippen LogP contribution < -0.4 is 15.4 Å². The molecule has 0 saturated heterocycles. The minimum absolute atomic E-state index is 0.0219. The Kier molecular flexibility index (Phi) is 5.14. The summed E-state index contributed by atoms with van der Waals surface area (Å²) in [5.41, 5.74) is 0.941. The van der Waals surface area contributed by atoms with Gasteiger partial charge in [0.25, 0.3) is 0 Å². The third-order valence-corrected chi connectivity index (χ3v) is 4.28. The summed E-state index contributed by atoms with van der Waals surface area (Å²) in [6.45, 7) is 1.54. The van der Waals surface area contributed by atoms with Crippen molar-refractivity contribution in [2.45, 2.75) is 11.8 Å². The Hall–Kier alpha value is -2.65. The quantitative estimate of drug-likeness (QED) is 0.611. The van der Waals surface area contributed by atoms with Crippen molar-refractivity contribution in [2.24, 2.45) is 0 Å². The van der Waals surface area contributed by atoms with Gasteiger partial charge in [-0.3, -0.25) is 5.32 Å². The van der Waals surface area contributed by atoms with Gasteiger partial charge in [0.1, 0.15) is 0 Å². The number of nitrogens with one attached hydrogen (secondary N) is 3. The summed E-state index contributed by atoms with van der Waals surface area (Å²) in [6, 6.07) is 8.48. The number of carbonyl (C=O) groups excluding carboxylic acids is 1. The van der Waals surface area contributed by atoms with E-state index >= 15 is 0 Å². The number of hydrogen-bond acceptors (Lipinski definition) is 5.